The largest absolute Gasteiger partial charge is 0.386 e. The van der Waals surface area contributed by atoms with Gasteiger partial charge in [0.1, 0.15) is 5.82 Å². The van der Waals surface area contributed by atoms with Crippen molar-refractivity contribution in [2.75, 3.05) is 6.54 Å². The molecule has 0 spiro atoms. The molecule has 0 saturated carbocycles. The van der Waals surface area contributed by atoms with E-state index in [0.717, 1.165) is 6.42 Å². The summed E-state index contributed by atoms with van der Waals surface area (Å²) in [4.78, 5) is 23.3. The van der Waals surface area contributed by atoms with Gasteiger partial charge in [0.25, 0.3) is 0 Å². The molecule has 0 aliphatic rings. The molecular formula is C17H25FN2O3. The summed E-state index contributed by atoms with van der Waals surface area (Å²) in [5.41, 5.74) is 0.514. The first kappa shape index (κ1) is 19.1. The van der Waals surface area contributed by atoms with Gasteiger partial charge in [0.15, 0.2) is 0 Å². The van der Waals surface area contributed by atoms with Crippen molar-refractivity contribution in [1.29, 1.82) is 0 Å². The molecule has 5 nitrogen and oxygen atoms in total. The maximum atomic E-state index is 12.9. The molecule has 2 amide bonds. The zero-order chi connectivity index (χ0) is 17.4. The lowest BCUT2D eigenvalue weighted by Gasteiger charge is -2.20. The Kier molecular flexibility index (Phi) is 7.68. The van der Waals surface area contributed by atoms with E-state index in [2.05, 4.69) is 10.6 Å². The fraction of sp³-hybridized carbons (Fsp3) is 0.529. The van der Waals surface area contributed by atoms with Crippen molar-refractivity contribution >= 4 is 11.8 Å². The van der Waals surface area contributed by atoms with Crippen LogP contribution in [-0.2, 0) is 9.59 Å². The van der Waals surface area contributed by atoms with Crippen molar-refractivity contribution in [3.8, 4) is 0 Å². The highest BCUT2D eigenvalue weighted by Crippen LogP contribution is 2.16. The van der Waals surface area contributed by atoms with Crippen LogP contribution in [0.25, 0.3) is 0 Å². The van der Waals surface area contributed by atoms with Crippen LogP contribution in [0.2, 0.25) is 0 Å². The highest BCUT2D eigenvalue weighted by atomic mass is 19.1. The van der Waals surface area contributed by atoms with Gasteiger partial charge in [-0.3, -0.25) is 9.59 Å². The van der Waals surface area contributed by atoms with E-state index in [-0.39, 0.29) is 24.2 Å². The molecule has 0 bridgehead atoms. The maximum absolute atomic E-state index is 12.9. The fourth-order valence-corrected chi connectivity index (χ4v) is 2.02. The number of aliphatic hydroxyl groups excluding tert-OH is 1. The number of carbonyl (C=O) groups is 2. The summed E-state index contributed by atoms with van der Waals surface area (Å²) in [6.45, 7) is 5.57. The molecule has 0 radical (unpaired) electrons. The zero-order valence-electron chi connectivity index (χ0n) is 13.8. The van der Waals surface area contributed by atoms with E-state index in [1.807, 2.05) is 13.8 Å². The van der Waals surface area contributed by atoms with Crippen molar-refractivity contribution in [3.05, 3.63) is 35.6 Å². The van der Waals surface area contributed by atoms with Gasteiger partial charge in [0, 0.05) is 6.42 Å². The molecule has 2 unspecified atom stereocenters. The Balaban J connectivity index is 2.38. The van der Waals surface area contributed by atoms with Crippen LogP contribution in [0.15, 0.2) is 24.3 Å². The molecule has 6 heteroatoms. The normalized spacial score (nSPS) is 13.5. The molecule has 128 valence electrons. The minimum Gasteiger partial charge on any atom is -0.386 e. The molecule has 0 aliphatic heterocycles. The van der Waals surface area contributed by atoms with Crippen LogP contribution in [0.4, 0.5) is 4.39 Å². The van der Waals surface area contributed by atoms with Gasteiger partial charge in [0.2, 0.25) is 11.8 Å². The first-order chi connectivity index (χ1) is 10.8. The molecule has 23 heavy (non-hydrogen) atoms. The van der Waals surface area contributed by atoms with Crippen LogP contribution < -0.4 is 10.6 Å². The SMILES string of the molecule is CC(C)CCC(=O)NCC(=O)NC(C)C(O)c1ccc(F)cc1. The number of rotatable bonds is 8. The topological polar surface area (TPSA) is 78.4 Å². The van der Waals surface area contributed by atoms with Gasteiger partial charge in [-0.15, -0.1) is 0 Å². The lowest BCUT2D eigenvalue weighted by atomic mass is 10.0. The Hall–Kier alpha value is -1.95. The first-order valence-electron chi connectivity index (χ1n) is 7.79. The number of benzene rings is 1. The molecule has 2 atom stereocenters. The zero-order valence-corrected chi connectivity index (χ0v) is 13.8. The quantitative estimate of drug-likeness (QED) is 0.683. The minimum atomic E-state index is -0.948. The van der Waals surface area contributed by atoms with Crippen LogP contribution >= 0.6 is 0 Å². The number of amides is 2. The third-order valence-electron chi connectivity index (χ3n) is 3.47. The average Bonchev–Trinajstić information content (AvgIpc) is 2.50. The van der Waals surface area contributed by atoms with Crippen molar-refractivity contribution in [2.24, 2.45) is 5.92 Å². The molecule has 3 N–H and O–H groups in total. The Morgan fingerprint density at radius 1 is 1.13 bits per heavy atom. The highest BCUT2D eigenvalue weighted by Gasteiger charge is 2.18. The number of hydrogen-bond acceptors (Lipinski definition) is 3. The first-order valence-corrected chi connectivity index (χ1v) is 7.79. The van der Waals surface area contributed by atoms with Gasteiger partial charge in [-0.1, -0.05) is 26.0 Å². The second-order valence-electron chi connectivity index (χ2n) is 6.06. The molecule has 0 heterocycles. The van der Waals surface area contributed by atoms with E-state index in [4.69, 9.17) is 0 Å². The van der Waals surface area contributed by atoms with Crippen molar-refractivity contribution in [1.82, 2.24) is 10.6 Å². The van der Waals surface area contributed by atoms with Gasteiger partial charge >= 0.3 is 0 Å². The molecule has 0 aromatic heterocycles. The van der Waals surface area contributed by atoms with Crippen LogP contribution in [0, 0.1) is 11.7 Å². The predicted octanol–water partition coefficient (Wildman–Crippen LogP) is 1.92. The average molecular weight is 324 g/mol. The Morgan fingerprint density at radius 2 is 1.74 bits per heavy atom. The van der Waals surface area contributed by atoms with Crippen LogP contribution in [0.5, 0.6) is 0 Å². The molecule has 0 fully saturated rings. The smallest absolute Gasteiger partial charge is 0.239 e. The fourth-order valence-electron chi connectivity index (χ4n) is 2.02. The van der Waals surface area contributed by atoms with Crippen molar-refractivity contribution in [2.45, 2.75) is 45.8 Å². The van der Waals surface area contributed by atoms with E-state index < -0.39 is 12.1 Å². The lowest BCUT2D eigenvalue weighted by molar-refractivity contribution is -0.126. The van der Waals surface area contributed by atoms with E-state index in [9.17, 15) is 19.1 Å². The lowest BCUT2D eigenvalue weighted by Crippen LogP contribution is -2.43. The summed E-state index contributed by atoms with van der Waals surface area (Å²) in [5.74, 6) is -0.501. The van der Waals surface area contributed by atoms with Gasteiger partial charge < -0.3 is 15.7 Å². The predicted molar refractivity (Wildman–Crippen MR) is 86.0 cm³/mol. The Bertz CT molecular complexity index is 517. The van der Waals surface area contributed by atoms with E-state index >= 15 is 0 Å². The third-order valence-corrected chi connectivity index (χ3v) is 3.47. The molecule has 1 rings (SSSR count). The third kappa shape index (κ3) is 7.23. The summed E-state index contributed by atoms with van der Waals surface area (Å²) in [6.07, 6.45) is 0.211. The summed E-state index contributed by atoms with van der Waals surface area (Å²) < 4.78 is 12.9. The number of aliphatic hydroxyl groups is 1. The van der Waals surface area contributed by atoms with Gasteiger partial charge in [-0.05, 0) is 37.0 Å². The molecule has 0 aliphatic carbocycles. The molecular weight excluding hydrogens is 299 g/mol. The van der Waals surface area contributed by atoms with E-state index in [0.29, 0.717) is 17.9 Å². The van der Waals surface area contributed by atoms with Gasteiger partial charge in [0.05, 0.1) is 18.7 Å². The second-order valence-corrected chi connectivity index (χ2v) is 6.06. The standard InChI is InChI=1S/C17H25FN2O3/c1-11(2)4-9-15(21)19-10-16(22)20-12(3)17(23)13-5-7-14(18)8-6-13/h5-8,11-12,17,23H,4,9-10H2,1-3H3,(H,19,21)(H,20,22). The Morgan fingerprint density at radius 3 is 2.30 bits per heavy atom. The summed E-state index contributed by atoms with van der Waals surface area (Å²) in [6, 6.07) is 4.89. The van der Waals surface area contributed by atoms with Crippen LogP contribution in [0.3, 0.4) is 0 Å². The number of nitrogens with one attached hydrogen (secondary N) is 2. The number of carbonyl (C=O) groups excluding carboxylic acids is 2. The minimum absolute atomic E-state index is 0.128. The van der Waals surface area contributed by atoms with Crippen LogP contribution in [0.1, 0.15) is 45.3 Å². The monoisotopic (exact) mass is 324 g/mol. The summed E-state index contributed by atoms with van der Waals surface area (Å²) in [7, 11) is 0. The maximum Gasteiger partial charge on any atom is 0.239 e. The van der Waals surface area contributed by atoms with Gasteiger partial charge in [-0.25, -0.2) is 4.39 Å². The Labute approximate surface area is 136 Å². The highest BCUT2D eigenvalue weighted by molar-refractivity contribution is 5.84. The summed E-state index contributed by atoms with van der Waals surface area (Å²) >= 11 is 0. The molecule has 1 aromatic rings. The van der Waals surface area contributed by atoms with Crippen molar-refractivity contribution in [3.63, 3.8) is 0 Å². The van der Waals surface area contributed by atoms with Crippen LogP contribution in [-0.4, -0.2) is 29.5 Å². The number of halogens is 1. The van der Waals surface area contributed by atoms with E-state index in [1.165, 1.54) is 24.3 Å². The van der Waals surface area contributed by atoms with Gasteiger partial charge in [-0.2, -0.15) is 0 Å². The van der Waals surface area contributed by atoms with E-state index in [1.54, 1.807) is 6.92 Å². The molecule has 1 aromatic carbocycles. The van der Waals surface area contributed by atoms with Crippen molar-refractivity contribution < 1.29 is 19.1 Å². The second kappa shape index (κ2) is 9.25. The number of hydrogen-bond donors (Lipinski definition) is 3. The summed E-state index contributed by atoms with van der Waals surface area (Å²) in [5, 5.41) is 15.3. The molecule has 0 saturated heterocycles.